The number of carbonyl (C=O) groups is 1. The van der Waals surface area contributed by atoms with Crippen LogP contribution in [0.3, 0.4) is 0 Å². The zero-order valence-corrected chi connectivity index (χ0v) is 11.8. The Morgan fingerprint density at radius 1 is 1.26 bits per heavy atom. The molecule has 0 saturated carbocycles. The predicted octanol–water partition coefficient (Wildman–Crippen LogP) is 2.32. The molecule has 1 aromatic rings. The van der Waals surface area contributed by atoms with Crippen molar-refractivity contribution in [3.8, 4) is 5.75 Å². The molecular formula is C15H23NO3. The molecule has 0 bridgehead atoms. The lowest BCUT2D eigenvalue weighted by Gasteiger charge is -2.18. The second-order valence-electron chi connectivity index (χ2n) is 4.44. The molecule has 0 atom stereocenters. The average molecular weight is 265 g/mol. The second kappa shape index (κ2) is 8.53. The topological polar surface area (TPSA) is 49.8 Å². The number of rotatable bonds is 8. The van der Waals surface area contributed by atoms with Crippen LogP contribution in [0.25, 0.3) is 0 Å². The molecule has 0 spiro atoms. The van der Waals surface area contributed by atoms with Crippen molar-refractivity contribution in [1.82, 2.24) is 4.90 Å². The van der Waals surface area contributed by atoms with Gasteiger partial charge < -0.3 is 14.7 Å². The highest BCUT2D eigenvalue weighted by molar-refractivity contribution is 5.96. The van der Waals surface area contributed by atoms with Gasteiger partial charge in [0.1, 0.15) is 5.75 Å². The Labute approximate surface area is 115 Å². The van der Waals surface area contributed by atoms with E-state index in [4.69, 9.17) is 9.84 Å². The number of para-hydroxylation sites is 1. The molecule has 4 nitrogen and oxygen atoms in total. The summed E-state index contributed by atoms with van der Waals surface area (Å²) in [6.07, 6.45) is 2.62. The first-order chi connectivity index (χ1) is 9.20. The Morgan fingerprint density at radius 3 is 2.68 bits per heavy atom. The number of aliphatic hydroxyl groups excluding tert-OH is 1. The van der Waals surface area contributed by atoms with E-state index in [1.807, 2.05) is 25.1 Å². The van der Waals surface area contributed by atoms with Crippen LogP contribution in [0, 0.1) is 0 Å². The Balaban J connectivity index is 2.60. The van der Waals surface area contributed by atoms with Crippen molar-refractivity contribution in [3.63, 3.8) is 0 Å². The van der Waals surface area contributed by atoms with E-state index < -0.39 is 0 Å². The third-order valence-corrected chi connectivity index (χ3v) is 2.92. The smallest absolute Gasteiger partial charge is 0.257 e. The normalized spacial score (nSPS) is 10.3. The maximum absolute atomic E-state index is 12.3. The van der Waals surface area contributed by atoms with Crippen molar-refractivity contribution in [3.05, 3.63) is 29.8 Å². The first-order valence-corrected chi connectivity index (χ1v) is 6.78. The standard InChI is InChI=1S/C15H23NO3/c1-3-19-14-10-6-5-9-13(14)15(18)16(2)11-7-4-8-12-17/h5-6,9-10,17H,3-4,7-8,11-12H2,1-2H3. The summed E-state index contributed by atoms with van der Waals surface area (Å²) in [6, 6.07) is 7.31. The fourth-order valence-corrected chi connectivity index (χ4v) is 1.87. The Hall–Kier alpha value is -1.55. The molecule has 1 amide bonds. The largest absolute Gasteiger partial charge is 0.493 e. The molecule has 1 rings (SSSR count). The summed E-state index contributed by atoms with van der Waals surface area (Å²) in [4.78, 5) is 14.0. The van der Waals surface area contributed by atoms with Crippen molar-refractivity contribution in [2.75, 3.05) is 26.8 Å². The number of ether oxygens (including phenoxy) is 1. The van der Waals surface area contributed by atoms with E-state index in [0.29, 0.717) is 24.5 Å². The summed E-state index contributed by atoms with van der Waals surface area (Å²) in [5.41, 5.74) is 0.606. The minimum Gasteiger partial charge on any atom is -0.493 e. The molecular weight excluding hydrogens is 242 g/mol. The van der Waals surface area contributed by atoms with Crippen LogP contribution in [0.5, 0.6) is 5.75 Å². The van der Waals surface area contributed by atoms with Gasteiger partial charge in [-0.05, 0) is 38.3 Å². The summed E-state index contributed by atoms with van der Waals surface area (Å²) >= 11 is 0. The van der Waals surface area contributed by atoms with Crippen molar-refractivity contribution < 1.29 is 14.6 Å². The molecule has 0 aromatic heterocycles. The van der Waals surface area contributed by atoms with Gasteiger partial charge in [0.15, 0.2) is 0 Å². The maximum atomic E-state index is 12.3. The Bertz CT molecular complexity index is 393. The maximum Gasteiger partial charge on any atom is 0.257 e. The molecule has 1 N–H and O–H groups in total. The summed E-state index contributed by atoms with van der Waals surface area (Å²) in [5, 5.41) is 8.72. The van der Waals surface area contributed by atoms with Gasteiger partial charge in [-0.3, -0.25) is 4.79 Å². The predicted molar refractivity (Wildman–Crippen MR) is 75.5 cm³/mol. The van der Waals surface area contributed by atoms with Gasteiger partial charge >= 0.3 is 0 Å². The zero-order chi connectivity index (χ0) is 14.1. The van der Waals surface area contributed by atoms with Gasteiger partial charge in [-0.1, -0.05) is 12.1 Å². The minimum absolute atomic E-state index is 0.0203. The number of hydrogen-bond acceptors (Lipinski definition) is 3. The molecule has 0 radical (unpaired) electrons. The molecule has 0 aliphatic rings. The second-order valence-corrected chi connectivity index (χ2v) is 4.44. The first-order valence-electron chi connectivity index (χ1n) is 6.78. The Morgan fingerprint density at radius 2 is 2.00 bits per heavy atom. The number of hydrogen-bond donors (Lipinski definition) is 1. The molecule has 4 heteroatoms. The van der Waals surface area contributed by atoms with Crippen molar-refractivity contribution in [1.29, 1.82) is 0 Å². The van der Waals surface area contributed by atoms with Gasteiger partial charge in [0.25, 0.3) is 5.91 Å². The fourth-order valence-electron chi connectivity index (χ4n) is 1.87. The summed E-state index contributed by atoms with van der Waals surface area (Å²) in [5.74, 6) is 0.616. The number of aliphatic hydroxyl groups is 1. The van der Waals surface area contributed by atoms with E-state index in [1.54, 1.807) is 18.0 Å². The third-order valence-electron chi connectivity index (χ3n) is 2.92. The number of carbonyl (C=O) groups excluding carboxylic acids is 1. The van der Waals surface area contributed by atoms with Crippen LogP contribution < -0.4 is 4.74 Å². The summed E-state index contributed by atoms with van der Waals surface area (Å²) in [7, 11) is 1.80. The Kier molecular flexibility index (Phi) is 6.97. The van der Waals surface area contributed by atoms with E-state index >= 15 is 0 Å². The van der Waals surface area contributed by atoms with E-state index in [0.717, 1.165) is 19.3 Å². The molecule has 0 heterocycles. The van der Waals surface area contributed by atoms with Crippen molar-refractivity contribution in [2.45, 2.75) is 26.2 Å². The van der Waals surface area contributed by atoms with Gasteiger partial charge in [0.2, 0.25) is 0 Å². The molecule has 0 aliphatic carbocycles. The van der Waals surface area contributed by atoms with E-state index in [1.165, 1.54) is 0 Å². The quantitative estimate of drug-likeness (QED) is 0.734. The molecule has 0 aliphatic heterocycles. The van der Waals surface area contributed by atoms with Crippen LogP contribution in [0.1, 0.15) is 36.5 Å². The van der Waals surface area contributed by atoms with Crippen molar-refractivity contribution >= 4 is 5.91 Å². The summed E-state index contributed by atoms with van der Waals surface area (Å²) in [6.45, 7) is 3.36. The van der Waals surface area contributed by atoms with Crippen LogP contribution in [-0.4, -0.2) is 42.7 Å². The van der Waals surface area contributed by atoms with Gasteiger partial charge in [0.05, 0.1) is 12.2 Å². The van der Waals surface area contributed by atoms with E-state index in [9.17, 15) is 4.79 Å². The number of nitrogens with zero attached hydrogens (tertiary/aromatic N) is 1. The van der Waals surface area contributed by atoms with Crippen LogP contribution in [0.15, 0.2) is 24.3 Å². The molecule has 0 saturated heterocycles. The van der Waals surface area contributed by atoms with Gasteiger partial charge in [-0.25, -0.2) is 0 Å². The SMILES string of the molecule is CCOc1ccccc1C(=O)N(C)CCCCCO. The number of unbranched alkanes of at least 4 members (excludes halogenated alkanes) is 2. The van der Waals surface area contributed by atoms with Crippen LogP contribution in [-0.2, 0) is 0 Å². The van der Waals surface area contributed by atoms with E-state index in [2.05, 4.69) is 0 Å². The lowest BCUT2D eigenvalue weighted by atomic mass is 10.1. The van der Waals surface area contributed by atoms with Crippen LogP contribution in [0.2, 0.25) is 0 Å². The van der Waals surface area contributed by atoms with Crippen LogP contribution >= 0.6 is 0 Å². The lowest BCUT2D eigenvalue weighted by Crippen LogP contribution is -2.28. The highest BCUT2D eigenvalue weighted by Crippen LogP contribution is 2.19. The highest BCUT2D eigenvalue weighted by Gasteiger charge is 2.15. The first kappa shape index (κ1) is 15.5. The van der Waals surface area contributed by atoms with Crippen molar-refractivity contribution in [2.24, 2.45) is 0 Å². The zero-order valence-electron chi connectivity index (χ0n) is 11.8. The monoisotopic (exact) mass is 265 g/mol. The highest BCUT2D eigenvalue weighted by atomic mass is 16.5. The average Bonchev–Trinajstić information content (AvgIpc) is 2.43. The fraction of sp³-hybridized carbons (Fsp3) is 0.533. The molecule has 106 valence electrons. The molecule has 0 fully saturated rings. The molecule has 1 aromatic carbocycles. The van der Waals surface area contributed by atoms with E-state index in [-0.39, 0.29) is 12.5 Å². The van der Waals surface area contributed by atoms with Gasteiger partial charge in [-0.2, -0.15) is 0 Å². The number of benzene rings is 1. The lowest BCUT2D eigenvalue weighted by molar-refractivity contribution is 0.0788. The minimum atomic E-state index is -0.0203. The molecule has 0 unspecified atom stereocenters. The third kappa shape index (κ3) is 4.91. The number of amides is 1. The molecule has 19 heavy (non-hydrogen) atoms. The van der Waals surface area contributed by atoms with Gasteiger partial charge in [0, 0.05) is 20.2 Å². The van der Waals surface area contributed by atoms with Crippen LogP contribution in [0.4, 0.5) is 0 Å². The summed E-state index contributed by atoms with van der Waals surface area (Å²) < 4.78 is 5.47. The van der Waals surface area contributed by atoms with Gasteiger partial charge in [-0.15, -0.1) is 0 Å².